The van der Waals surface area contributed by atoms with Crippen LogP contribution >= 0.6 is 23.2 Å². The number of rotatable bonds is 3. The molecule has 5 nitrogen and oxygen atoms in total. The summed E-state index contributed by atoms with van der Waals surface area (Å²) in [6.07, 6.45) is -4.81. The van der Waals surface area contributed by atoms with E-state index >= 15 is 0 Å². The van der Waals surface area contributed by atoms with E-state index in [2.05, 4.69) is 15.7 Å². The number of benzene rings is 2. The number of hydrogen-bond acceptors (Lipinski definition) is 3. The van der Waals surface area contributed by atoms with E-state index in [1.807, 2.05) is 0 Å². The van der Waals surface area contributed by atoms with Gasteiger partial charge in [-0.2, -0.15) is 18.3 Å². The SMILES string of the molecule is Cc1ccc(Cl)cc1NC(=O)c1cc2n(n1)[C@@H](C(F)(F)F)C[C@H](c1ccc(Cl)cc1)N2. The van der Waals surface area contributed by atoms with Gasteiger partial charge in [0.25, 0.3) is 5.91 Å². The third kappa shape index (κ3) is 4.50. The van der Waals surface area contributed by atoms with Crippen LogP contribution in [-0.2, 0) is 0 Å². The fourth-order valence-corrected chi connectivity index (χ4v) is 3.81. The van der Waals surface area contributed by atoms with Gasteiger partial charge in [-0.3, -0.25) is 4.79 Å². The van der Waals surface area contributed by atoms with Gasteiger partial charge in [-0.05, 0) is 42.3 Å². The smallest absolute Gasteiger partial charge is 0.363 e. The number of aryl methyl sites for hydroxylation is 1. The highest BCUT2D eigenvalue weighted by Crippen LogP contribution is 2.43. The molecule has 10 heteroatoms. The first-order valence-electron chi connectivity index (χ1n) is 9.37. The van der Waals surface area contributed by atoms with Crippen molar-refractivity contribution in [2.75, 3.05) is 10.6 Å². The second-order valence-electron chi connectivity index (χ2n) is 7.31. The first-order valence-corrected chi connectivity index (χ1v) is 10.1. The highest BCUT2D eigenvalue weighted by Gasteiger charge is 2.46. The van der Waals surface area contributed by atoms with Crippen LogP contribution in [0.5, 0.6) is 0 Å². The van der Waals surface area contributed by atoms with E-state index in [1.165, 1.54) is 6.07 Å². The van der Waals surface area contributed by atoms with E-state index in [9.17, 15) is 18.0 Å². The molecule has 1 aliphatic heterocycles. The van der Waals surface area contributed by atoms with Crippen molar-refractivity contribution in [3.8, 4) is 0 Å². The zero-order valence-electron chi connectivity index (χ0n) is 16.2. The van der Waals surface area contributed by atoms with Crippen molar-refractivity contribution in [1.29, 1.82) is 0 Å². The fourth-order valence-electron chi connectivity index (χ4n) is 3.51. The molecule has 162 valence electrons. The molecule has 2 heterocycles. The Balaban J connectivity index is 1.65. The molecule has 2 atom stereocenters. The van der Waals surface area contributed by atoms with Gasteiger partial charge in [0.2, 0.25) is 0 Å². The van der Waals surface area contributed by atoms with Gasteiger partial charge in [-0.15, -0.1) is 0 Å². The van der Waals surface area contributed by atoms with Gasteiger partial charge in [0.1, 0.15) is 5.82 Å². The molecule has 3 aromatic rings. The van der Waals surface area contributed by atoms with Crippen molar-refractivity contribution in [3.05, 3.63) is 75.4 Å². The lowest BCUT2D eigenvalue weighted by Gasteiger charge is -2.33. The minimum atomic E-state index is -4.54. The van der Waals surface area contributed by atoms with E-state index in [4.69, 9.17) is 23.2 Å². The van der Waals surface area contributed by atoms with Crippen LogP contribution in [0.4, 0.5) is 24.7 Å². The Hall–Kier alpha value is -2.71. The average Bonchev–Trinajstić information content (AvgIpc) is 3.14. The number of nitrogens with one attached hydrogen (secondary N) is 2. The maximum Gasteiger partial charge on any atom is 0.410 e. The summed E-state index contributed by atoms with van der Waals surface area (Å²) in [6.45, 7) is 1.78. The molecular weight excluding hydrogens is 452 g/mol. The van der Waals surface area contributed by atoms with E-state index in [-0.39, 0.29) is 17.9 Å². The Morgan fingerprint density at radius 1 is 1.13 bits per heavy atom. The van der Waals surface area contributed by atoms with E-state index in [1.54, 1.807) is 49.4 Å². The first kappa shape index (κ1) is 21.5. The molecule has 31 heavy (non-hydrogen) atoms. The molecule has 0 spiro atoms. The monoisotopic (exact) mass is 468 g/mol. The van der Waals surface area contributed by atoms with Crippen LogP contribution in [-0.4, -0.2) is 21.9 Å². The van der Waals surface area contributed by atoms with E-state index in [0.29, 0.717) is 21.3 Å². The maximum atomic E-state index is 13.8. The summed E-state index contributed by atoms with van der Waals surface area (Å²) in [5, 5.41) is 10.6. The van der Waals surface area contributed by atoms with Crippen LogP contribution in [0.25, 0.3) is 0 Å². The lowest BCUT2D eigenvalue weighted by Crippen LogP contribution is -2.35. The highest BCUT2D eigenvalue weighted by atomic mass is 35.5. The van der Waals surface area contributed by atoms with Crippen LogP contribution in [0, 0.1) is 6.92 Å². The van der Waals surface area contributed by atoms with Gasteiger partial charge in [0.15, 0.2) is 11.7 Å². The van der Waals surface area contributed by atoms with Gasteiger partial charge in [-0.25, -0.2) is 4.68 Å². The minimum absolute atomic E-state index is 0.112. The molecule has 2 N–H and O–H groups in total. The van der Waals surface area contributed by atoms with E-state index < -0.39 is 24.2 Å². The Labute approximate surface area is 186 Å². The predicted molar refractivity (Wildman–Crippen MR) is 114 cm³/mol. The van der Waals surface area contributed by atoms with E-state index in [0.717, 1.165) is 10.2 Å². The molecular formula is C21H17Cl2F3N4O. The maximum absolute atomic E-state index is 13.8. The summed E-state index contributed by atoms with van der Waals surface area (Å²) >= 11 is 11.9. The van der Waals surface area contributed by atoms with Gasteiger partial charge in [-0.1, -0.05) is 41.4 Å². The summed E-state index contributed by atoms with van der Waals surface area (Å²) in [6, 6.07) is 10.4. The first-order chi connectivity index (χ1) is 14.6. The van der Waals surface area contributed by atoms with Gasteiger partial charge in [0, 0.05) is 28.2 Å². The Morgan fingerprint density at radius 2 is 1.81 bits per heavy atom. The van der Waals surface area contributed by atoms with Crippen LogP contribution in [0.15, 0.2) is 48.5 Å². The summed E-state index contributed by atoms with van der Waals surface area (Å²) < 4.78 is 42.2. The average molecular weight is 469 g/mol. The van der Waals surface area contributed by atoms with Crippen molar-refractivity contribution in [3.63, 3.8) is 0 Å². The number of fused-ring (bicyclic) bond motifs is 1. The number of anilines is 2. The molecule has 0 bridgehead atoms. The molecule has 0 saturated heterocycles. The predicted octanol–water partition coefficient (Wildman–Crippen LogP) is 6.41. The Morgan fingerprint density at radius 3 is 2.48 bits per heavy atom. The Kier molecular flexibility index (Phi) is 5.61. The standard InChI is InChI=1S/C21H17Cl2F3N4O/c1-11-2-5-14(23)8-15(11)28-20(31)17-10-19-27-16(12-3-6-13(22)7-4-12)9-18(21(24,25)26)30(19)29-17/h2-8,10,16,18,27H,9H2,1H3,(H,28,31)/t16-,18-/m1/s1. The van der Waals surface area contributed by atoms with Gasteiger partial charge < -0.3 is 10.6 Å². The lowest BCUT2D eigenvalue weighted by atomic mass is 9.97. The molecule has 1 aromatic heterocycles. The quantitative estimate of drug-likeness (QED) is 0.466. The molecule has 0 radical (unpaired) electrons. The number of halogens is 5. The highest BCUT2D eigenvalue weighted by molar-refractivity contribution is 6.31. The molecule has 4 rings (SSSR count). The van der Waals surface area contributed by atoms with Crippen molar-refractivity contribution >= 4 is 40.6 Å². The zero-order valence-corrected chi connectivity index (χ0v) is 17.7. The summed E-state index contributed by atoms with van der Waals surface area (Å²) in [7, 11) is 0. The molecule has 0 unspecified atom stereocenters. The number of hydrogen-bond donors (Lipinski definition) is 2. The number of aromatic nitrogens is 2. The number of nitrogens with zero attached hydrogens (tertiary/aromatic N) is 2. The summed E-state index contributed by atoms with van der Waals surface area (Å²) in [5.74, 6) is -0.514. The van der Waals surface area contributed by atoms with Crippen molar-refractivity contribution in [1.82, 2.24) is 9.78 Å². The Bertz CT molecular complexity index is 1130. The molecule has 1 aliphatic rings. The topological polar surface area (TPSA) is 59.0 Å². The second kappa shape index (κ2) is 8.09. The van der Waals surface area contributed by atoms with Crippen molar-refractivity contribution in [2.24, 2.45) is 0 Å². The summed E-state index contributed by atoms with van der Waals surface area (Å²) in [4.78, 5) is 12.7. The number of carbonyl (C=O) groups excluding carboxylic acids is 1. The lowest BCUT2D eigenvalue weighted by molar-refractivity contribution is -0.173. The second-order valence-corrected chi connectivity index (χ2v) is 8.19. The fraction of sp³-hybridized carbons (Fsp3) is 0.238. The molecule has 1 amide bonds. The number of amides is 1. The van der Waals surface area contributed by atoms with Crippen LogP contribution in [0.2, 0.25) is 10.0 Å². The number of carbonyl (C=O) groups is 1. The van der Waals surface area contributed by atoms with Crippen LogP contribution in [0.1, 0.15) is 40.1 Å². The van der Waals surface area contributed by atoms with Gasteiger partial charge in [0.05, 0.1) is 6.04 Å². The zero-order chi connectivity index (χ0) is 22.3. The molecule has 0 saturated carbocycles. The third-order valence-corrected chi connectivity index (χ3v) is 5.63. The largest absolute Gasteiger partial charge is 0.410 e. The minimum Gasteiger partial charge on any atom is -0.363 e. The van der Waals surface area contributed by atoms with Crippen molar-refractivity contribution < 1.29 is 18.0 Å². The summed E-state index contributed by atoms with van der Waals surface area (Å²) in [5.41, 5.74) is 1.75. The van der Waals surface area contributed by atoms with Crippen LogP contribution < -0.4 is 10.6 Å². The molecule has 0 fully saturated rings. The third-order valence-electron chi connectivity index (χ3n) is 5.14. The normalized spacial score (nSPS) is 18.3. The van der Waals surface area contributed by atoms with Crippen molar-refractivity contribution in [2.45, 2.75) is 31.6 Å². The molecule has 2 aromatic carbocycles. The van der Waals surface area contributed by atoms with Crippen LogP contribution in [0.3, 0.4) is 0 Å². The van der Waals surface area contributed by atoms with Gasteiger partial charge >= 0.3 is 6.18 Å². The number of alkyl halides is 3. The molecule has 0 aliphatic carbocycles.